The molecule has 9 heteroatoms. The van der Waals surface area contributed by atoms with Crippen LogP contribution in [0.2, 0.25) is 0 Å². The number of hydrogen-bond donors (Lipinski definition) is 1. The summed E-state index contributed by atoms with van der Waals surface area (Å²) < 4.78 is 10.4. The van der Waals surface area contributed by atoms with Crippen molar-refractivity contribution in [2.75, 3.05) is 19.2 Å². The summed E-state index contributed by atoms with van der Waals surface area (Å²) in [7, 11) is 3.04. The first kappa shape index (κ1) is 21.9. The summed E-state index contributed by atoms with van der Waals surface area (Å²) in [5.41, 5.74) is -0.230. The highest BCUT2D eigenvalue weighted by atomic mass is 16.5. The second kappa shape index (κ2) is 8.45. The van der Waals surface area contributed by atoms with E-state index in [1.807, 2.05) is 0 Å². The van der Waals surface area contributed by atoms with Crippen LogP contribution in [0.5, 0.6) is 11.5 Å². The number of nitrogens with zero attached hydrogens (tertiary/aromatic N) is 2. The lowest BCUT2D eigenvalue weighted by Gasteiger charge is -2.17. The van der Waals surface area contributed by atoms with Crippen LogP contribution in [-0.2, 0) is 9.59 Å². The highest BCUT2D eigenvalue weighted by Crippen LogP contribution is 2.35. The molecule has 0 radical (unpaired) electrons. The first-order chi connectivity index (χ1) is 16.9. The zero-order chi connectivity index (χ0) is 24.7. The van der Waals surface area contributed by atoms with E-state index in [9.17, 15) is 19.2 Å². The van der Waals surface area contributed by atoms with E-state index in [4.69, 9.17) is 9.47 Å². The third-order valence-electron chi connectivity index (χ3n) is 5.82. The molecule has 0 saturated heterocycles. The van der Waals surface area contributed by atoms with Crippen LogP contribution in [0.3, 0.4) is 0 Å². The molecular weight excluding hydrogens is 450 g/mol. The van der Waals surface area contributed by atoms with Gasteiger partial charge in [0.15, 0.2) is 0 Å². The Balaban J connectivity index is 1.73. The van der Waals surface area contributed by atoms with E-state index in [1.165, 1.54) is 26.4 Å². The SMILES string of the molecule is COc1ccc(C2=C(c3ccc(OC)cc3)C(=O)N(n3[nH]c(=O)c4ccccc4c3=O)C2=O)cc1. The Hall–Kier alpha value is -4.92. The van der Waals surface area contributed by atoms with E-state index in [0.717, 1.165) is 0 Å². The molecule has 0 saturated carbocycles. The van der Waals surface area contributed by atoms with Gasteiger partial charge in [-0.1, -0.05) is 36.4 Å². The van der Waals surface area contributed by atoms with Crippen molar-refractivity contribution in [3.8, 4) is 11.5 Å². The summed E-state index contributed by atoms with van der Waals surface area (Å²) in [5.74, 6) is -0.355. The normalized spacial score (nSPS) is 13.6. The monoisotopic (exact) mass is 469 g/mol. The van der Waals surface area contributed by atoms with Crippen molar-refractivity contribution >= 4 is 33.7 Å². The van der Waals surface area contributed by atoms with E-state index in [1.54, 1.807) is 60.7 Å². The average Bonchev–Trinajstić information content (AvgIpc) is 3.16. The quantitative estimate of drug-likeness (QED) is 0.449. The van der Waals surface area contributed by atoms with Crippen LogP contribution >= 0.6 is 0 Å². The van der Waals surface area contributed by atoms with Crippen molar-refractivity contribution in [1.29, 1.82) is 0 Å². The minimum absolute atomic E-state index is 0.0840. The van der Waals surface area contributed by atoms with Gasteiger partial charge in [-0.25, -0.2) is 5.10 Å². The Morgan fingerprint density at radius 3 is 1.54 bits per heavy atom. The van der Waals surface area contributed by atoms with E-state index in [0.29, 0.717) is 32.4 Å². The van der Waals surface area contributed by atoms with Gasteiger partial charge < -0.3 is 9.47 Å². The van der Waals surface area contributed by atoms with Gasteiger partial charge >= 0.3 is 0 Å². The van der Waals surface area contributed by atoms with Gasteiger partial charge in [0.05, 0.1) is 36.1 Å². The van der Waals surface area contributed by atoms with Gasteiger partial charge in [0.1, 0.15) is 11.5 Å². The molecule has 1 aliphatic rings. The van der Waals surface area contributed by atoms with Crippen molar-refractivity contribution in [3.05, 3.63) is 105 Å². The number of hydrogen-bond acceptors (Lipinski definition) is 6. The Labute approximate surface area is 198 Å². The number of imide groups is 1. The molecule has 0 aliphatic carbocycles. The van der Waals surface area contributed by atoms with Gasteiger partial charge in [0.25, 0.3) is 22.9 Å². The van der Waals surface area contributed by atoms with Gasteiger partial charge in [-0.15, -0.1) is 4.79 Å². The van der Waals surface area contributed by atoms with Crippen molar-refractivity contribution in [1.82, 2.24) is 9.89 Å². The fraction of sp³-hybridized carbons (Fsp3) is 0.0769. The average molecular weight is 469 g/mol. The third kappa shape index (κ3) is 3.50. The number of ether oxygens (including phenoxy) is 2. The van der Waals surface area contributed by atoms with E-state index < -0.39 is 22.9 Å². The van der Waals surface area contributed by atoms with E-state index >= 15 is 0 Å². The molecule has 4 aromatic rings. The molecule has 2 heterocycles. The maximum absolute atomic E-state index is 13.7. The number of carbonyl (C=O) groups excluding carboxylic acids is 2. The fourth-order valence-corrected chi connectivity index (χ4v) is 4.08. The lowest BCUT2D eigenvalue weighted by Crippen LogP contribution is -2.50. The molecule has 0 unspecified atom stereocenters. The number of fused-ring (bicyclic) bond motifs is 1. The maximum atomic E-state index is 13.7. The Bertz CT molecular complexity index is 1560. The first-order valence-electron chi connectivity index (χ1n) is 10.6. The Kier molecular flexibility index (Phi) is 5.29. The van der Waals surface area contributed by atoms with Crippen LogP contribution in [0.4, 0.5) is 0 Å². The van der Waals surface area contributed by atoms with Crippen LogP contribution in [0.25, 0.3) is 21.9 Å². The molecule has 1 N–H and O–H groups in total. The summed E-state index contributed by atoms with van der Waals surface area (Å²) in [4.78, 5) is 53.9. The van der Waals surface area contributed by atoms with Crippen LogP contribution in [0.1, 0.15) is 11.1 Å². The molecule has 35 heavy (non-hydrogen) atoms. The molecule has 5 rings (SSSR count). The van der Waals surface area contributed by atoms with Crippen molar-refractivity contribution in [2.24, 2.45) is 0 Å². The zero-order valence-electron chi connectivity index (χ0n) is 18.8. The number of H-pyrrole nitrogens is 1. The predicted octanol–water partition coefficient (Wildman–Crippen LogP) is 2.32. The first-order valence-corrected chi connectivity index (χ1v) is 10.6. The minimum Gasteiger partial charge on any atom is -0.497 e. The van der Waals surface area contributed by atoms with Gasteiger partial charge in [0, 0.05) is 0 Å². The van der Waals surface area contributed by atoms with Crippen LogP contribution < -0.4 is 25.6 Å². The standard InChI is InChI=1S/C26H19N3O6/c1-34-17-11-7-15(8-12-17)21-22(16-9-13-18(35-2)14-10-16)26(33)28(25(21)32)29-24(31)20-6-4-3-5-19(20)23(30)27-29/h3-14H,1-2H3,(H,27,30). The summed E-state index contributed by atoms with van der Waals surface area (Å²) in [6, 6.07) is 19.5. The number of aromatic nitrogens is 2. The fourth-order valence-electron chi connectivity index (χ4n) is 4.08. The second-order valence-corrected chi connectivity index (χ2v) is 7.73. The van der Waals surface area contributed by atoms with Gasteiger partial charge in [-0.3, -0.25) is 19.2 Å². The molecule has 0 atom stereocenters. The van der Waals surface area contributed by atoms with E-state index in [-0.39, 0.29) is 21.9 Å². The molecule has 0 spiro atoms. The third-order valence-corrected chi connectivity index (χ3v) is 5.82. The number of aromatic amines is 1. The number of amides is 2. The number of benzene rings is 3. The number of carbonyl (C=O) groups is 2. The molecule has 174 valence electrons. The predicted molar refractivity (Wildman–Crippen MR) is 130 cm³/mol. The number of rotatable bonds is 5. The zero-order valence-corrected chi connectivity index (χ0v) is 18.8. The van der Waals surface area contributed by atoms with Gasteiger partial charge in [-0.2, -0.15) is 5.01 Å². The topological polar surface area (TPSA) is 111 Å². The molecule has 2 amide bonds. The van der Waals surface area contributed by atoms with Crippen molar-refractivity contribution in [3.63, 3.8) is 0 Å². The smallest absolute Gasteiger partial charge is 0.293 e. The van der Waals surface area contributed by atoms with Gasteiger partial charge in [-0.05, 0) is 47.5 Å². The number of methoxy groups -OCH3 is 2. The molecule has 9 nitrogen and oxygen atoms in total. The molecule has 1 aliphatic heterocycles. The molecular formula is C26H19N3O6. The highest BCUT2D eigenvalue weighted by Gasteiger charge is 2.42. The molecule has 0 fully saturated rings. The minimum atomic E-state index is -0.751. The lowest BCUT2D eigenvalue weighted by atomic mass is 9.96. The molecule has 1 aromatic heterocycles. The maximum Gasteiger partial charge on any atom is 0.293 e. The largest absolute Gasteiger partial charge is 0.497 e. The van der Waals surface area contributed by atoms with E-state index in [2.05, 4.69) is 5.10 Å². The van der Waals surface area contributed by atoms with Crippen molar-refractivity contribution < 1.29 is 19.1 Å². The lowest BCUT2D eigenvalue weighted by molar-refractivity contribution is -0.122. The Morgan fingerprint density at radius 2 is 1.09 bits per heavy atom. The summed E-state index contributed by atoms with van der Waals surface area (Å²) in [6.45, 7) is 0. The van der Waals surface area contributed by atoms with Crippen LogP contribution in [0.15, 0.2) is 82.4 Å². The summed E-state index contributed by atoms with van der Waals surface area (Å²) >= 11 is 0. The molecule has 3 aromatic carbocycles. The van der Waals surface area contributed by atoms with Crippen LogP contribution in [-0.4, -0.2) is 35.9 Å². The van der Waals surface area contributed by atoms with Crippen LogP contribution in [0, 0.1) is 0 Å². The Morgan fingerprint density at radius 1 is 0.629 bits per heavy atom. The summed E-state index contributed by atoms with van der Waals surface area (Å²) in [5, 5.41) is 3.27. The van der Waals surface area contributed by atoms with Gasteiger partial charge in [0.2, 0.25) is 0 Å². The molecule has 0 bridgehead atoms. The number of nitrogens with one attached hydrogen (secondary N) is 1. The summed E-state index contributed by atoms with van der Waals surface area (Å²) in [6.07, 6.45) is 0. The van der Waals surface area contributed by atoms with Crippen molar-refractivity contribution in [2.45, 2.75) is 0 Å². The second-order valence-electron chi connectivity index (χ2n) is 7.73. The highest BCUT2D eigenvalue weighted by molar-refractivity contribution is 6.54.